The van der Waals surface area contributed by atoms with Crippen LogP contribution in [0.1, 0.15) is 35.1 Å². The maximum atomic E-state index is 12.8. The van der Waals surface area contributed by atoms with E-state index in [0.717, 1.165) is 30.6 Å². The van der Waals surface area contributed by atoms with Crippen molar-refractivity contribution < 1.29 is 14.3 Å². The fraction of sp³-hybridized carbons (Fsp3) is 0.435. The summed E-state index contributed by atoms with van der Waals surface area (Å²) >= 11 is 0. The normalized spacial score (nSPS) is 16.9. The molecule has 2 aromatic rings. The van der Waals surface area contributed by atoms with Crippen LogP contribution in [-0.2, 0) is 18.4 Å². The molecule has 28 heavy (non-hydrogen) atoms. The third-order valence-electron chi connectivity index (χ3n) is 6.15. The summed E-state index contributed by atoms with van der Waals surface area (Å²) in [6.45, 7) is 4.16. The van der Waals surface area contributed by atoms with E-state index >= 15 is 0 Å². The van der Waals surface area contributed by atoms with E-state index in [1.165, 1.54) is 16.7 Å². The molecule has 1 N–H and O–H groups in total. The number of urea groups is 1. The van der Waals surface area contributed by atoms with Crippen LogP contribution in [0.3, 0.4) is 0 Å². The van der Waals surface area contributed by atoms with Crippen LogP contribution in [0.5, 0.6) is 11.5 Å². The molecule has 2 aromatic carbocycles. The van der Waals surface area contributed by atoms with Gasteiger partial charge in [0.25, 0.3) is 0 Å². The van der Waals surface area contributed by atoms with Gasteiger partial charge >= 0.3 is 6.03 Å². The first-order valence-corrected chi connectivity index (χ1v) is 9.89. The number of ether oxygens (including phenoxy) is 2. The first-order valence-electron chi connectivity index (χ1n) is 9.89. The average molecular weight is 380 g/mol. The van der Waals surface area contributed by atoms with Crippen molar-refractivity contribution in [1.82, 2.24) is 10.2 Å². The lowest BCUT2D eigenvalue weighted by molar-refractivity contribution is 0.191. The monoisotopic (exact) mass is 380 g/mol. The van der Waals surface area contributed by atoms with E-state index in [0.29, 0.717) is 25.4 Å². The van der Waals surface area contributed by atoms with E-state index in [1.54, 1.807) is 14.2 Å². The largest absolute Gasteiger partial charge is 0.493 e. The number of methoxy groups -OCH3 is 2. The molecule has 2 amide bonds. The zero-order valence-corrected chi connectivity index (χ0v) is 16.9. The Morgan fingerprint density at radius 1 is 1.11 bits per heavy atom. The van der Waals surface area contributed by atoms with E-state index in [1.807, 2.05) is 17.0 Å². The van der Waals surface area contributed by atoms with E-state index in [4.69, 9.17) is 9.47 Å². The van der Waals surface area contributed by atoms with Crippen LogP contribution in [0.15, 0.2) is 36.4 Å². The molecule has 1 saturated carbocycles. The Balaban J connectivity index is 1.42. The maximum Gasteiger partial charge on any atom is 0.317 e. The Kier molecular flexibility index (Phi) is 4.92. The minimum atomic E-state index is 0.0142. The molecule has 0 radical (unpaired) electrons. The van der Waals surface area contributed by atoms with Crippen molar-refractivity contribution in [2.45, 2.75) is 38.1 Å². The van der Waals surface area contributed by atoms with E-state index < -0.39 is 0 Å². The van der Waals surface area contributed by atoms with Gasteiger partial charge in [-0.2, -0.15) is 0 Å². The molecule has 5 nitrogen and oxygen atoms in total. The number of benzene rings is 2. The number of fused-ring (bicyclic) bond motifs is 1. The predicted octanol–water partition coefficient (Wildman–Crippen LogP) is 3.81. The van der Waals surface area contributed by atoms with Gasteiger partial charge in [0.1, 0.15) is 0 Å². The molecule has 1 aliphatic heterocycles. The van der Waals surface area contributed by atoms with Gasteiger partial charge in [-0.1, -0.05) is 24.3 Å². The molecule has 4 rings (SSSR count). The van der Waals surface area contributed by atoms with Gasteiger partial charge in [0.15, 0.2) is 11.5 Å². The second-order valence-corrected chi connectivity index (χ2v) is 7.90. The average Bonchev–Trinajstić information content (AvgIpc) is 3.51. The number of aryl methyl sites for hydroxylation is 1. The number of hydrogen-bond donors (Lipinski definition) is 1. The van der Waals surface area contributed by atoms with Gasteiger partial charge in [-0.05, 0) is 60.6 Å². The lowest BCUT2D eigenvalue weighted by Gasteiger charge is -2.30. The van der Waals surface area contributed by atoms with Crippen LogP contribution in [0, 0.1) is 6.92 Å². The molecule has 0 atom stereocenters. The van der Waals surface area contributed by atoms with Gasteiger partial charge in [0.05, 0.1) is 14.2 Å². The highest BCUT2D eigenvalue weighted by Gasteiger charge is 2.45. The van der Waals surface area contributed by atoms with E-state index in [9.17, 15) is 4.79 Å². The highest BCUT2D eigenvalue weighted by Crippen LogP contribution is 2.48. The molecule has 5 heteroatoms. The van der Waals surface area contributed by atoms with Crippen LogP contribution in [0.2, 0.25) is 0 Å². The number of hydrogen-bond acceptors (Lipinski definition) is 3. The van der Waals surface area contributed by atoms with Gasteiger partial charge in [0.2, 0.25) is 0 Å². The van der Waals surface area contributed by atoms with E-state index in [-0.39, 0.29) is 11.4 Å². The Hall–Kier alpha value is -2.69. The SMILES string of the molecule is COc1cc2c(cc1OC)CN(C(=O)NCC1(c3ccccc3C)CC1)CC2. The first-order chi connectivity index (χ1) is 13.6. The summed E-state index contributed by atoms with van der Waals surface area (Å²) in [6, 6.07) is 12.5. The van der Waals surface area contributed by atoms with Crippen LogP contribution < -0.4 is 14.8 Å². The lowest BCUT2D eigenvalue weighted by Crippen LogP contribution is -2.45. The summed E-state index contributed by atoms with van der Waals surface area (Å²) in [6.07, 6.45) is 3.10. The van der Waals surface area contributed by atoms with Gasteiger partial charge < -0.3 is 19.7 Å². The van der Waals surface area contributed by atoms with Crippen LogP contribution >= 0.6 is 0 Å². The fourth-order valence-corrected chi connectivity index (χ4v) is 4.27. The predicted molar refractivity (Wildman–Crippen MR) is 109 cm³/mol. The minimum Gasteiger partial charge on any atom is -0.493 e. The number of nitrogens with zero attached hydrogens (tertiary/aromatic N) is 1. The summed E-state index contributed by atoms with van der Waals surface area (Å²) in [7, 11) is 3.28. The topological polar surface area (TPSA) is 50.8 Å². The van der Waals surface area contributed by atoms with Crippen molar-refractivity contribution in [3.05, 3.63) is 58.7 Å². The van der Waals surface area contributed by atoms with Gasteiger partial charge in [-0.25, -0.2) is 4.79 Å². The molecular formula is C23H28N2O3. The molecule has 1 fully saturated rings. The molecule has 0 unspecified atom stereocenters. The van der Waals surface area contributed by atoms with Crippen molar-refractivity contribution in [2.24, 2.45) is 0 Å². The van der Waals surface area contributed by atoms with Crippen molar-refractivity contribution in [3.8, 4) is 11.5 Å². The molecular weight excluding hydrogens is 352 g/mol. The second kappa shape index (κ2) is 7.38. The van der Waals surface area contributed by atoms with Crippen molar-refractivity contribution in [3.63, 3.8) is 0 Å². The highest BCUT2D eigenvalue weighted by molar-refractivity contribution is 5.75. The fourth-order valence-electron chi connectivity index (χ4n) is 4.27. The molecule has 0 bridgehead atoms. The molecule has 2 aliphatic rings. The Morgan fingerprint density at radius 2 is 1.79 bits per heavy atom. The summed E-state index contributed by atoms with van der Waals surface area (Å²) in [5.74, 6) is 1.45. The molecule has 0 aromatic heterocycles. The smallest absolute Gasteiger partial charge is 0.317 e. The lowest BCUT2D eigenvalue weighted by atomic mass is 9.92. The Labute approximate surface area is 166 Å². The van der Waals surface area contributed by atoms with Crippen LogP contribution in [0.4, 0.5) is 4.79 Å². The van der Waals surface area contributed by atoms with Gasteiger partial charge in [-0.15, -0.1) is 0 Å². The summed E-state index contributed by atoms with van der Waals surface area (Å²) in [4.78, 5) is 14.7. The molecule has 0 saturated heterocycles. The Morgan fingerprint density at radius 3 is 2.43 bits per heavy atom. The first kappa shape index (κ1) is 18.7. The minimum absolute atomic E-state index is 0.0142. The quantitative estimate of drug-likeness (QED) is 0.858. The maximum absolute atomic E-state index is 12.8. The number of nitrogens with one attached hydrogen (secondary N) is 1. The third-order valence-corrected chi connectivity index (χ3v) is 6.15. The van der Waals surface area contributed by atoms with Crippen LogP contribution in [0.25, 0.3) is 0 Å². The third kappa shape index (κ3) is 3.41. The summed E-state index contributed by atoms with van der Waals surface area (Å²) < 4.78 is 10.8. The van der Waals surface area contributed by atoms with Crippen molar-refractivity contribution in [2.75, 3.05) is 27.3 Å². The highest BCUT2D eigenvalue weighted by atomic mass is 16.5. The Bertz CT molecular complexity index is 889. The second-order valence-electron chi connectivity index (χ2n) is 7.90. The molecule has 148 valence electrons. The van der Waals surface area contributed by atoms with Crippen LogP contribution in [-0.4, -0.2) is 38.2 Å². The van der Waals surface area contributed by atoms with Crippen molar-refractivity contribution in [1.29, 1.82) is 0 Å². The standard InChI is InChI=1S/C23H28N2O3/c1-16-6-4-5-7-19(16)23(9-10-23)15-24-22(26)25-11-8-17-12-20(27-2)21(28-3)13-18(17)14-25/h4-7,12-13H,8-11,14-15H2,1-3H3,(H,24,26). The number of carbonyl (C=O) groups is 1. The molecule has 1 heterocycles. The molecule has 0 spiro atoms. The summed E-state index contributed by atoms with van der Waals surface area (Å²) in [5, 5.41) is 3.19. The van der Waals surface area contributed by atoms with E-state index in [2.05, 4.69) is 36.5 Å². The zero-order chi connectivity index (χ0) is 19.7. The molecule has 1 aliphatic carbocycles. The summed E-state index contributed by atoms with van der Waals surface area (Å²) in [5.41, 5.74) is 5.14. The van der Waals surface area contributed by atoms with Crippen molar-refractivity contribution >= 4 is 6.03 Å². The van der Waals surface area contributed by atoms with Gasteiger partial charge in [-0.3, -0.25) is 0 Å². The number of amides is 2. The zero-order valence-electron chi connectivity index (χ0n) is 16.9. The number of rotatable bonds is 5. The van der Waals surface area contributed by atoms with Gasteiger partial charge in [0, 0.05) is 25.0 Å². The number of carbonyl (C=O) groups excluding carboxylic acids is 1.